The summed E-state index contributed by atoms with van der Waals surface area (Å²) in [6.07, 6.45) is 3.79. The van der Waals surface area contributed by atoms with Gasteiger partial charge in [-0.25, -0.2) is 0 Å². The number of benzene rings is 2. The molecule has 0 saturated heterocycles. The lowest BCUT2D eigenvalue weighted by Crippen LogP contribution is -2.46. The molecule has 0 spiro atoms. The van der Waals surface area contributed by atoms with Gasteiger partial charge in [-0.05, 0) is 73.6 Å². The minimum absolute atomic E-state index is 0.00281. The van der Waals surface area contributed by atoms with Crippen LogP contribution in [0.5, 0.6) is 11.5 Å². The zero-order chi connectivity index (χ0) is 28.1. The second kappa shape index (κ2) is 12.2. The van der Waals surface area contributed by atoms with Gasteiger partial charge in [0.25, 0.3) is 11.8 Å². The van der Waals surface area contributed by atoms with Gasteiger partial charge in [-0.2, -0.15) is 4.37 Å². The number of nitrogens with two attached hydrogens (primary N) is 2. The molecule has 1 saturated carbocycles. The van der Waals surface area contributed by atoms with Crippen molar-refractivity contribution in [2.24, 2.45) is 5.73 Å². The van der Waals surface area contributed by atoms with E-state index in [0.29, 0.717) is 29.4 Å². The number of nitrogens with zero attached hydrogens (tertiary/aromatic N) is 2. The summed E-state index contributed by atoms with van der Waals surface area (Å²) in [5.41, 5.74) is 13.0. The zero-order valence-electron chi connectivity index (χ0n) is 22.2. The number of nitrogens with one attached hydrogen (secondary N) is 1. The number of carbonyl (C=O) groups is 3. The van der Waals surface area contributed by atoms with E-state index in [9.17, 15) is 14.4 Å². The molecular formula is C28H33N5O5S. The second-order valence-corrected chi connectivity index (χ2v) is 10.2. The summed E-state index contributed by atoms with van der Waals surface area (Å²) in [6.45, 7) is 4.25. The predicted octanol–water partition coefficient (Wildman–Crippen LogP) is 3.99. The number of hydrogen-bond donors (Lipinski definition) is 3. The first kappa shape index (κ1) is 27.9. The van der Waals surface area contributed by atoms with Crippen molar-refractivity contribution >= 4 is 40.6 Å². The van der Waals surface area contributed by atoms with Gasteiger partial charge < -0.3 is 26.3 Å². The number of ether oxygens (including phenoxy) is 2. The Kier molecular flexibility index (Phi) is 8.70. The van der Waals surface area contributed by atoms with Crippen LogP contribution in [0, 0.1) is 6.92 Å². The summed E-state index contributed by atoms with van der Waals surface area (Å²) in [7, 11) is 1.49. The van der Waals surface area contributed by atoms with E-state index in [4.69, 9.17) is 20.9 Å². The van der Waals surface area contributed by atoms with Crippen LogP contribution in [-0.4, -0.2) is 41.9 Å². The standard InChI is InChI=1S/C28H33N5O5S/c1-4-38-19-12-10-17(11-13-19)24(27(35)31-18-7-5-6-8-18)33(20-15-16(2)9-14-21(20)37-3)28(36)25-22(29)23(26(30)34)32-39-25/h9-15,18,24H,4-8,29H2,1-3H3,(H2,30,34)(H,31,35)/t24-/m0/s1. The number of amides is 3. The Hall–Kier alpha value is -4.12. The topological polar surface area (TPSA) is 150 Å². The summed E-state index contributed by atoms with van der Waals surface area (Å²) in [5.74, 6) is -0.774. The average Bonchev–Trinajstić information content (AvgIpc) is 3.57. The number of hydrogen-bond acceptors (Lipinski definition) is 8. The summed E-state index contributed by atoms with van der Waals surface area (Å²) >= 11 is 0.760. The number of nitrogen functional groups attached to an aromatic ring is 1. The van der Waals surface area contributed by atoms with E-state index in [1.165, 1.54) is 12.0 Å². The van der Waals surface area contributed by atoms with E-state index in [0.717, 1.165) is 42.8 Å². The molecule has 5 N–H and O–H groups in total. The third-order valence-corrected chi connectivity index (χ3v) is 7.53. The SMILES string of the molecule is CCOc1ccc([C@@H](C(=O)NC2CCCC2)N(C(=O)c2snc(C(N)=O)c2N)c2cc(C)ccc2OC)cc1. The fraction of sp³-hybridized carbons (Fsp3) is 0.357. The summed E-state index contributed by atoms with van der Waals surface area (Å²) in [5, 5.41) is 3.14. The highest BCUT2D eigenvalue weighted by molar-refractivity contribution is 7.09. The highest BCUT2D eigenvalue weighted by atomic mass is 32.1. The van der Waals surface area contributed by atoms with Crippen molar-refractivity contribution in [1.29, 1.82) is 0 Å². The molecule has 0 aliphatic heterocycles. The lowest BCUT2D eigenvalue weighted by molar-refractivity contribution is -0.123. The summed E-state index contributed by atoms with van der Waals surface area (Å²) in [4.78, 5) is 41.6. The molecule has 0 radical (unpaired) electrons. The zero-order valence-corrected chi connectivity index (χ0v) is 23.0. The Morgan fingerprint density at radius 2 is 1.85 bits per heavy atom. The van der Waals surface area contributed by atoms with Crippen molar-refractivity contribution in [2.75, 3.05) is 24.4 Å². The van der Waals surface area contributed by atoms with E-state index < -0.39 is 17.9 Å². The molecule has 2 aromatic carbocycles. The summed E-state index contributed by atoms with van der Waals surface area (Å²) < 4.78 is 15.2. The smallest absolute Gasteiger partial charge is 0.273 e. The molecule has 3 aromatic rings. The summed E-state index contributed by atoms with van der Waals surface area (Å²) in [6, 6.07) is 11.3. The fourth-order valence-corrected chi connectivity index (χ4v) is 5.52. The van der Waals surface area contributed by atoms with E-state index in [1.54, 1.807) is 36.4 Å². The van der Waals surface area contributed by atoms with Gasteiger partial charge in [0.15, 0.2) is 5.69 Å². The third kappa shape index (κ3) is 5.98. The lowest BCUT2D eigenvalue weighted by atomic mass is 10.0. The van der Waals surface area contributed by atoms with Crippen molar-refractivity contribution in [3.8, 4) is 11.5 Å². The van der Waals surface area contributed by atoms with Gasteiger partial charge in [-0.1, -0.05) is 31.0 Å². The molecule has 4 rings (SSSR count). The maximum Gasteiger partial charge on any atom is 0.273 e. The van der Waals surface area contributed by atoms with Crippen molar-refractivity contribution in [1.82, 2.24) is 9.69 Å². The Balaban J connectivity index is 1.90. The van der Waals surface area contributed by atoms with E-state index in [1.807, 2.05) is 19.9 Å². The normalized spacial score (nSPS) is 14.0. The fourth-order valence-electron chi connectivity index (χ4n) is 4.77. The maximum absolute atomic E-state index is 14.3. The molecule has 1 aromatic heterocycles. The molecule has 1 heterocycles. The average molecular weight is 552 g/mol. The highest BCUT2D eigenvalue weighted by Gasteiger charge is 2.38. The van der Waals surface area contributed by atoms with Crippen LogP contribution in [0.25, 0.3) is 0 Å². The minimum atomic E-state index is -1.09. The van der Waals surface area contributed by atoms with Crippen LogP contribution in [0.2, 0.25) is 0 Å². The molecule has 39 heavy (non-hydrogen) atoms. The minimum Gasteiger partial charge on any atom is -0.495 e. The number of methoxy groups -OCH3 is 1. The van der Waals surface area contributed by atoms with Crippen LogP contribution >= 0.6 is 11.5 Å². The molecule has 1 aliphatic carbocycles. The number of aryl methyl sites for hydroxylation is 1. The molecule has 1 fully saturated rings. The Morgan fingerprint density at radius 1 is 1.15 bits per heavy atom. The van der Waals surface area contributed by atoms with Gasteiger partial charge in [0.2, 0.25) is 5.91 Å². The van der Waals surface area contributed by atoms with Gasteiger partial charge in [0.05, 0.1) is 25.1 Å². The van der Waals surface area contributed by atoms with E-state index >= 15 is 0 Å². The van der Waals surface area contributed by atoms with Crippen LogP contribution in [0.1, 0.15) is 69.9 Å². The van der Waals surface area contributed by atoms with Gasteiger partial charge in [0, 0.05) is 6.04 Å². The van der Waals surface area contributed by atoms with Gasteiger partial charge >= 0.3 is 0 Å². The second-order valence-electron chi connectivity index (χ2n) is 9.38. The van der Waals surface area contributed by atoms with Crippen LogP contribution in [0.15, 0.2) is 42.5 Å². The molecule has 10 nitrogen and oxygen atoms in total. The monoisotopic (exact) mass is 551 g/mol. The highest BCUT2D eigenvalue weighted by Crippen LogP contribution is 2.39. The van der Waals surface area contributed by atoms with E-state index in [-0.39, 0.29) is 28.2 Å². The van der Waals surface area contributed by atoms with Gasteiger partial charge in [-0.15, -0.1) is 0 Å². The van der Waals surface area contributed by atoms with Gasteiger partial charge in [0.1, 0.15) is 22.4 Å². The van der Waals surface area contributed by atoms with Crippen molar-refractivity contribution < 1.29 is 23.9 Å². The van der Waals surface area contributed by atoms with Crippen molar-refractivity contribution in [2.45, 2.75) is 51.6 Å². The van der Waals surface area contributed by atoms with Crippen LogP contribution < -0.4 is 31.2 Å². The van der Waals surface area contributed by atoms with E-state index in [2.05, 4.69) is 9.69 Å². The molecular weight excluding hydrogens is 518 g/mol. The molecule has 206 valence electrons. The molecule has 11 heteroatoms. The first-order valence-electron chi connectivity index (χ1n) is 12.8. The number of primary amides is 1. The number of rotatable bonds is 10. The molecule has 3 amide bonds. The van der Waals surface area contributed by atoms with Crippen molar-refractivity contribution in [3.63, 3.8) is 0 Å². The number of anilines is 2. The van der Waals surface area contributed by atoms with Crippen LogP contribution in [-0.2, 0) is 4.79 Å². The van der Waals surface area contributed by atoms with Crippen LogP contribution in [0.3, 0.4) is 0 Å². The Labute approximate surface area is 231 Å². The first-order valence-corrected chi connectivity index (χ1v) is 13.6. The number of aromatic nitrogens is 1. The molecule has 1 aliphatic rings. The molecule has 1 atom stereocenters. The Morgan fingerprint density at radius 3 is 2.44 bits per heavy atom. The molecule has 0 bridgehead atoms. The number of carbonyl (C=O) groups excluding carboxylic acids is 3. The molecule has 0 unspecified atom stereocenters. The predicted molar refractivity (Wildman–Crippen MR) is 150 cm³/mol. The van der Waals surface area contributed by atoms with Crippen LogP contribution in [0.4, 0.5) is 11.4 Å². The lowest BCUT2D eigenvalue weighted by Gasteiger charge is -2.33. The first-order chi connectivity index (χ1) is 18.7. The largest absolute Gasteiger partial charge is 0.495 e. The Bertz CT molecular complexity index is 1350. The maximum atomic E-state index is 14.3. The quantitative estimate of drug-likeness (QED) is 0.345. The van der Waals surface area contributed by atoms with Crippen molar-refractivity contribution in [3.05, 3.63) is 64.2 Å². The third-order valence-electron chi connectivity index (χ3n) is 6.68. The van der Waals surface area contributed by atoms with Gasteiger partial charge in [-0.3, -0.25) is 19.3 Å².